The highest BCUT2D eigenvalue weighted by Gasteiger charge is 2.38. The van der Waals surface area contributed by atoms with E-state index in [4.69, 9.17) is 10.8 Å². The molecule has 0 saturated heterocycles. The first kappa shape index (κ1) is 15.6. The average molecular weight is 272 g/mol. The van der Waals surface area contributed by atoms with E-state index in [-0.39, 0.29) is 18.7 Å². The average Bonchev–Trinajstić information content (AvgIpc) is 2.38. The molecule has 0 bridgehead atoms. The summed E-state index contributed by atoms with van der Waals surface area (Å²) in [6.45, 7) is 1.14. The lowest BCUT2D eigenvalue weighted by atomic mass is 9.83. The van der Waals surface area contributed by atoms with Crippen molar-refractivity contribution in [3.63, 3.8) is 0 Å². The number of carbonyl (C=O) groups is 1. The highest BCUT2D eigenvalue weighted by atomic mass is 16.4. The van der Waals surface area contributed by atoms with Crippen molar-refractivity contribution >= 4 is 5.91 Å². The molecule has 7 heteroatoms. The van der Waals surface area contributed by atoms with Crippen LogP contribution in [-0.4, -0.2) is 57.2 Å². The van der Waals surface area contributed by atoms with Crippen molar-refractivity contribution in [2.75, 3.05) is 13.2 Å². The van der Waals surface area contributed by atoms with Crippen molar-refractivity contribution in [2.45, 2.75) is 31.1 Å². The third-order valence-corrected chi connectivity index (χ3v) is 3.15. The second-order valence-electron chi connectivity index (χ2n) is 4.66. The van der Waals surface area contributed by atoms with E-state index in [1.807, 2.05) is 0 Å². The summed E-state index contributed by atoms with van der Waals surface area (Å²) in [6.07, 6.45) is 1.71. The lowest BCUT2D eigenvalue weighted by molar-refractivity contribution is -0.123. The fourth-order valence-electron chi connectivity index (χ4n) is 1.78. The standard InChI is InChI=1S/C12H20N2O5/c1-12(19)7(2-3-9(16)10(12)17)4-5-14-11(18)8(13)6-15/h2-3,8,10,15-17,19H,4-6,13H2,1H3,(H,14,18)/t8-,10?,12?/m0/s1. The van der Waals surface area contributed by atoms with Gasteiger partial charge in [-0.3, -0.25) is 4.79 Å². The SMILES string of the molecule is CC1(O)C(CCNC(=O)[C@@H](N)CO)=CC=C(O)C1O. The lowest BCUT2D eigenvalue weighted by Crippen LogP contribution is -2.46. The molecule has 7 N–H and O–H groups in total. The normalized spacial score (nSPS) is 28.4. The van der Waals surface area contributed by atoms with Gasteiger partial charge in [-0.2, -0.15) is 0 Å². The maximum Gasteiger partial charge on any atom is 0.239 e. The molecule has 1 aliphatic rings. The summed E-state index contributed by atoms with van der Waals surface area (Å²) in [4.78, 5) is 11.3. The van der Waals surface area contributed by atoms with Gasteiger partial charge in [-0.15, -0.1) is 0 Å². The Hall–Kier alpha value is -1.41. The Morgan fingerprint density at radius 2 is 2.21 bits per heavy atom. The number of amides is 1. The third kappa shape index (κ3) is 3.54. The Morgan fingerprint density at radius 1 is 1.58 bits per heavy atom. The van der Waals surface area contributed by atoms with Crippen LogP contribution in [0.15, 0.2) is 23.5 Å². The maximum absolute atomic E-state index is 11.3. The fourth-order valence-corrected chi connectivity index (χ4v) is 1.78. The first-order valence-corrected chi connectivity index (χ1v) is 5.95. The number of hydrogen-bond donors (Lipinski definition) is 6. The van der Waals surface area contributed by atoms with E-state index in [0.717, 1.165) is 0 Å². The number of aliphatic hydroxyl groups is 4. The number of nitrogens with two attached hydrogens (primary N) is 1. The van der Waals surface area contributed by atoms with Crippen LogP contribution in [0.25, 0.3) is 0 Å². The van der Waals surface area contributed by atoms with Crippen LogP contribution in [0.5, 0.6) is 0 Å². The van der Waals surface area contributed by atoms with E-state index in [9.17, 15) is 20.1 Å². The molecule has 0 heterocycles. The molecular weight excluding hydrogens is 252 g/mol. The van der Waals surface area contributed by atoms with Gasteiger partial charge in [-0.05, 0) is 25.0 Å². The lowest BCUT2D eigenvalue weighted by Gasteiger charge is -2.33. The van der Waals surface area contributed by atoms with Crippen molar-refractivity contribution in [3.05, 3.63) is 23.5 Å². The highest BCUT2D eigenvalue weighted by molar-refractivity contribution is 5.81. The molecule has 0 aliphatic heterocycles. The molecule has 3 atom stereocenters. The van der Waals surface area contributed by atoms with Gasteiger partial charge in [-0.25, -0.2) is 0 Å². The summed E-state index contributed by atoms with van der Waals surface area (Å²) in [5, 5.41) is 40.3. The Bertz CT molecular complexity index is 403. The number of allylic oxidation sites excluding steroid dienone is 2. The van der Waals surface area contributed by atoms with Gasteiger partial charge in [0.25, 0.3) is 0 Å². The van der Waals surface area contributed by atoms with Gasteiger partial charge >= 0.3 is 0 Å². The van der Waals surface area contributed by atoms with E-state index in [1.54, 1.807) is 0 Å². The minimum atomic E-state index is -1.58. The monoisotopic (exact) mass is 272 g/mol. The quantitative estimate of drug-likeness (QED) is 0.353. The van der Waals surface area contributed by atoms with Crippen LogP contribution in [0.2, 0.25) is 0 Å². The molecule has 0 fully saturated rings. The van der Waals surface area contributed by atoms with Crippen molar-refractivity contribution in [1.29, 1.82) is 0 Å². The van der Waals surface area contributed by atoms with E-state index >= 15 is 0 Å². The molecule has 0 spiro atoms. The number of aliphatic hydroxyl groups excluding tert-OH is 3. The summed E-state index contributed by atoms with van der Waals surface area (Å²) in [5.41, 5.74) is 4.22. The molecule has 1 aliphatic carbocycles. The van der Waals surface area contributed by atoms with Crippen LogP contribution < -0.4 is 11.1 Å². The number of rotatable bonds is 5. The molecule has 0 radical (unpaired) electrons. The molecule has 19 heavy (non-hydrogen) atoms. The Morgan fingerprint density at radius 3 is 2.79 bits per heavy atom. The summed E-state index contributed by atoms with van der Waals surface area (Å²) in [7, 11) is 0. The molecule has 0 aromatic rings. The van der Waals surface area contributed by atoms with Crippen LogP contribution >= 0.6 is 0 Å². The molecular formula is C12H20N2O5. The smallest absolute Gasteiger partial charge is 0.239 e. The zero-order valence-electron chi connectivity index (χ0n) is 10.7. The van der Waals surface area contributed by atoms with Crippen LogP contribution in [0.1, 0.15) is 13.3 Å². The predicted molar refractivity (Wildman–Crippen MR) is 68.1 cm³/mol. The minimum Gasteiger partial charge on any atom is -0.509 e. The Balaban J connectivity index is 2.56. The van der Waals surface area contributed by atoms with Crippen molar-refractivity contribution in [3.8, 4) is 0 Å². The van der Waals surface area contributed by atoms with Gasteiger partial charge in [-0.1, -0.05) is 6.08 Å². The molecule has 108 valence electrons. The first-order valence-electron chi connectivity index (χ1n) is 5.95. The summed E-state index contributed by atoms with van der Waals surface area (Å²) < 4.78 is 0. The molecule has 2 unspecified atom stereocenters. The fraction of sp³-hybridized carbons (Fsp3) is 0.583. The largest absolute Gasteiger partial charge is 0.509 e. The zero-order chi connectivity index (χ0) is 14.6. The third-order valence-electron chi connectivity index (χ3n) is 3.15. The van der Waals surface area contributed by atoms with Gasteiger partial charge in [0, 0.05) is 6.54 Å². The van der Waals surface area contributed by atoms with Gasteiger partial charge in [0.2, 0.25) is 5.91 Å². The minimum absolute atomic E-state index is 0.204. The molecule has 0 aromatic carbocycles. The topological polar surface area (TPSA) is 136 Å². The molecule has 0 saturated carbocycles. The van der Waals surface area contributed by atoms with Gasteiger partial charge in [0.1, 0.15) is 23.5 Å². The number of carbonyl (C=O) groups excluding carboxylic acids is 1. The van der Waals surface area contributed by atoms with Crippen LogP contribution in [-0.2, 0) is 4.79 Å². The van der Waals surface area contributed by atoms with Crippen LogP contribution in [0.3, 0.4) is 0 Å². The molecule has 0 aromatic heterocycles. The van der Waals surface area contributed by atoms with E-state index < -0.39 is 30.3 Å². The highest BCUT2D eigenvalue weighted by Crippen LogP contribution is 2.30. The predicted octanol–water partition coefficient (Wildman–Crippen LogP) is -1.69. The van der Waals surface area contributed by atoms with Crippen LogP contribution in [0, 0.1) is 0 Å². The Kier molecular flexibility index (Phi) is 5.07. The summed E-state index contributed by atoms with van der Waals surface area (Å²) in [6, 6.07) is -0.977. The Labute approximate surface area is 111 Å². The van der Waals surface area contributed by atoms with Crippen molar-refractivity contribution < 1.29 is 25.2 Å². The maximum atomic E-state index is 11.3. The summed E-state index contributed by atoms with van der Waals surface area (Å²) >= 11 is 0. The van der Waals surface area contributed by atoms with Crippen molar-refractivity contribution in [1.82, 2.24) is 5.32 Å². The van der Waals surface area contributed by atoms with Gasteiger partial charge in [0.05, 0.1) is 6.61 Å². The second kappa shape index (κ2) is 6.16. The molecule has 1 rings (SSSR count). The zero-order valence-corrected chi connectivity index (χ0v) is 10.7. The molecule has 1 amide bonds. The van der Waals surface area contributed by atoms with Gasteiger partial charge in [0.15, 0.2) is 0 Å². The van der Waals surface area contributed by atoms with Gasteiger partial charge < -0.3 is 31.5 Å². The van der Waals surface area contributed by atoms with E-state index in [0.29, 0.717) is 5.57 Å². The number of hydrogen-bond acceptors (Lipinski definition) is 6. The summed E-state index contributed by atoms with van der Waals surface area (Å²) in [5.74, 6) is -0.794. The number of nitrogens with one attached hydrogen (secondary N) is 1. The van der Waals surface area contributed by atoms with Crippen LogP contribution in [0.4, 0.5) is 0 Å². The van der Waals surface area contributed by atoms with E-state index in [1.165, 1.54) is 19.1 Å². The second-order valence-corrected chi connectivity index (χ2v) is 4.66. The first-order chi connectivity index (χ1) is 8.80. The van der Waals surface area contributed by atoms with E-state index in [2.05, 4.69) is 5.32 Å². The van der Waals surface area contributed by atoms with Crippen molar-refractivity contribution in [2.24, 2.45) is 5.73 Å². The molecule has 7 nitrogen and oxygen atoms in total.